The number of carbonyl (C=O) groups is 4. The second-order valence-electron chi connectivity index (χ2n) is 21.7. The average Bonchev–Trinajstić information content (AvgIpc) is 3.47. The van der Waals surface area contributed by atoms with Gasteiger partial charge in [0.25, 0.3) is 0 Å². The highest BCUT2D eigenvalue weighted by Crippen LogP contribution is 2.27. The zero-order chi connectivity index (χ0) is 57.5. The van der Waals surface area contributed by atoms with Crippen LogP contribution in [0.4, 0.5) is 0 Å². The Bertz CT molecular complexity index is 1650. The van der Waals surface area contributed by atoms with E-state index in [0.29, 0.717) is 19.3 Å². The Morgan fingerprint density at radius 3 is 1.27 bits per heavy atom. The van der Waals surface area contributed by atoms with E-state index < -0.39 is 67.3 Å². The number of unbranched alkanes of at least 4 members (excludes halogenated alkanes) is 28. The molecule has 0 aromatic heterocycles. The predicted octanol–water partition coefficient (Wildman–Crippen LogP) is 16.9. The normalized spacial score (nSPS) is 18.3. The molecule has 0 aromatic rings. The lowest BCUT2D eigenvalue weighted by Gasteiger charge is -2.40. The van der Waals surface area contributed by atoms with E-state index in [9.17, 15) is 34.5 Å². The fourth-order valence-electron chi connectivity index (χ4n) is 9.40. The Morgan fingerprint density at radius 1 is 0.430 bits per heavy atom. The van der Waals surface area contributed by atoms with Crippen LogP contribution in [0.2, 0.25) is 0 Å². The number of carbonyl (C=O) groups excluding carboxylic acids is 3. The Hall–Kier alpha value is -3.84. The molecule has 1 aliphatic rings. The molecule has 3 N–H and O–H groups in total. The summed E-state index contributed by atoms with van der Waals surface area (Å²) in [7, 11) is 0. The minimum absolute atomic E-state index is 0.0583. The summed E-state index contributed by atoms with van der Waals surface area (Å²) in [4.78, 5) is 51.2. The van der Waals surface area contributed by atoms with Crippen molar-refractivity contribution in [2.24, 2.45) is 0 Å². The Kier molecular flexibility index (Phi) is 50.7. The quantitative estimate of drug-likeness (QED) is 0.0228. The Morgan fingerprint density at radius 2 is 0.823 bits per heavy atom. The molecule has 12 nitrogen and oxygen atoms in total. The SMILES string of the molecule is CC/C=C\C/C=C\C/C=C\C/C=C\CCCCCCC(=O)OCC(COC1OC(C(=O)O)C(O)C(O)C1OC(=O)CCCCCCCCCCCCCCCCCCCCC)OC(=O)CCCCCCC/C=C\C/C=C\CCC. The summed E-state index contributed by atoms with van der Waals surface area (Å²) in [6.45, 7) is 5.81. The van der Waals surface area contributed by atoms with Crippen molar-refractivity contribution in [2.45, 2.75) is 314 Å². The Balaban J connectivity index is 2.66. The monoisotopic (exact) mass is 1110 g/mol. The molecule has 0 bridgehead atoms. The van der Waals surface area contributed by atoms with Crippen LogP contribution in [0.1, 0.15) is 278 Å². The molecular formula is C67H114O12. The van der Waals surface area contributed by atoms with Crippen LogP contribution in [0, 0.1) is 0 Å². The van der Waals surface area contributed by atoms with Gasteiger partial charge in [-0.25, -0.2) is 4.79 Å². The minimum atomic E-state index is -1.91. The molecule has 0 radical (unpaired) electrons. The molecule has 0 amide bonds. The maximum Gasteiger partial charge on any atom is 0.335 e. The lowest BCUT2D eigenvalue weighted by molar-refractivity contribution is -0.301. The maximum atomic E-state index is 13.2. The van der Waals surface area contributed by atoms with Gasteiger partial charge < -0.3 is 39.0 Å². The molecule has 1 heterocycles. The van der Waals surface area contributed by atoms with Crippen molar-refractivity contribution in [1.29, 1.82) is 0 Å². The number of allylic oxidation sites excluding steroid dienone is 12. The first-order valence-corrected chi connectivity index (χ1v) is 31.9. The lowest BCUT2D eigenvalue weighted by Crippen LogP contribution is -2.61. The van der Waals surface area contributed by atoms with Crippen molar-refractivity contribution in [1.82, 2.24) is 0 Å². The van der Waals surface area contributed by atoms with Crippen LogP contribution in [0.3, 0.4) is 0 Å². The number of rotatable bonds is 54. The summed E-state index contributed by atoms with van der Waals surface area (Å²) in [5.41, 5.74) is 0. The molecule has 79 heavy (non-hydrogen) atoms. The first-order valence-electron chi connectivity index (χ1n) is 31.9. The first kappa shape index (κ1) is 73.2. The van der Waals surface area contributed by atoms with Gasteiger partial charge in [0.1, 0.15) is 18.8 Å². The number of esters is 3. The van der Waals surface area contributed by atoms with Crippen molar-refractivity contribution in [3.8, 4) is 0 Å². The van der Waals surface area contributed by atoms with Gasteiger partial charge in [0.05, 0.1) is 6.61 Å². The summed E-state index contributed by atoms with van der Waals surface area (Å²) < 4.78 is 28.5. The lowest BCUT2D eigenvalue weighted by atomic mass is 9.98. The molecule has 1 fully saturated rings. The van der Waals surface area contributed by atoms with E-state index in [4.69, 9.17) is 23.7 Å². The molecule has 1 saturated heterocycles. The van der Waals surface area contributed by atoms with E-state index in [1.807, 2.05) is 0 Å². The zero-order valence-corrected chi connectivity index (χ0v) is 50.1. The summed E-state index contributed by atoms with van der Waals surface area (Å²) >= 11 is 0. The van der Waals surface area contributed by atoms with E-state index in [1.165, 1.54) is 89.9 Å². The van der Waals surface area contributed by atoms with Gasteiger partial charge in [-0.05, 0) is 83.5 Å². The fraction of sp³-hybridized carbons (Fsp3) is 0.761. The van der Waals surface area contributed by atoms with Gasteiger partial charge in [0.2, 0.25) is 0 Å². The first-order chi connectivity index (χ1) is 38.6. The van der Waals surface area contributed by atoms with Crippen LogP contribution in [0.25, 0.3) is 0 Å². The van der Waals surface area contributed by atoms with E-state index in [0.717, 1.165) is 128 Å². The zero-order valence-electron chi connectivity index (χ0n) is 50.1. The molecule has 0 saturated carbocycles. The largest absolute Gasteiger partial charge is 0.479 e. The third-order valence-electron chi connectivity index (χ3n) is 14.2. The second kappa shape index (κ2) is 54.7. The second-order valence-corrected chi connectivity index (χ2v) is 21.7. The van der Waals surface area contributed by atoms with Gasteiger partial charge in [-0.3, -0.25) is 14.4 Å². The topological polar surface area (TPSA) is 175 Å². The van der Waals surface area contributed by atoms with Crippen LogP contribution in [-0.4, -0.2) is 89.2 Å². The molecule has 0 aromatic carbocycles. The number of aliphatic carboxylic acids is 1. The van der Waals surface area contributed by atoms with Gasteiger partial charge in [-0.15, -0.1) is 0 Å². The van der Waals surface area contributed by atoms with Crippen molar-refractivity contribution >= 4 is 23.9 Å². The maximum absolute atomic E-state index is 13.2. The summed E-state index contributed by atoms with van der Waals surface area (Å²) in [5.74, 6) is -3.16. The van der Waals surface area contributed by atoms with Crippen LogP contribution in [0.5, 0.6) is 0 Å². The minimum Gasteiger partial charge on any atom is -0.479 e. The summed E-state index contributed by atoms with van der Waals surface area (Å²) in [5, 5.41) is 31.6. The van der Waals surface area contributed by atoms with Crippen molar-refractivity contribution in [3.63, 3.8) is 0 Å². The number of carboxylic acids is 1. The summed E-state index contributed by atoms with van der Waals surface area (Å²) in [6.07, 6.45) is 57.2. The summed E-state index contributed by atoms with van der Waals surface area (Å²) in [6, 6.07) is 0. The number of carboxylic acid groups (broad SMARTS) is 1. The van der Waals surface area contributed by atoms with Crippen LogP contribution < -0.4 is 0 Å². The standard InChI is InChI=1S/C67H114O12/c1-4-7-10-13-16-19-22-25-27-29-30-32-34-37-40-43-46-49-52-55-61(70)78-65-63(72)62(71)64(66(73)74)79-67(65)76-57-58(77-60(69)54-51-48-45-42-39-35-24-21-18-15-12-9-6-3)56-75-59(68)53-50-47-44-41-38-36-33-31-28-26-23-20-17-14-11-8-5-2/h8,11-12,15,17,20-21,24,26,28,33,36,58,62-65,67,71-72H,4-7,9-10,13-14,16,18-19,22-23,25,27,29-32,34-35,37-57H2,1-3H3,(H,73,74)/b11-8-,15-12-,20-17-,24-21-,28-26-,36-33-. The van der Waals surface area contributed by atoms with Gasteiger partial charge in [-0.2, -0.15) is 0 Å². The fourth-order valence-corrected chi connectivity index (χ4v) is 9.40. The van der Waals surface area contributed by atoms with Gasteiger partial charge in [0.15, 0.2) is 24.6 Å². The molecule has 1 aliphatic heterocycles. The van der Waals surface area contributed by atoms with E-state index in [2.05, 4.69) is 93.7 Å². The molecule has 0 aliphatic carbocycles. The molecule has 6 unspecified atom stereocenters. The molecule has 454 valence electrons. The number of hydrogen-bond acceptors (Lipinski definition) is 11. The van der Waals surface area contributed by atoms with Gasteiger partial charge >= 0.3 is 23.9 Å². The molecule has 1 rings (SSSR count). The highest BCUT2D eigenvalue weighted by molar-refractivity contribution is 5.74. The molecule has 0 spiro atoms. The van der Waals surface area contributed by atoms with Gasteiger partial charge in [-0.1, -0.05) is 248 Å². The molecule has 12 heteroatoms. The highest BCUT2D eigenvalue weighted by Gasteiger charge is 2.50. The number of aliphatic hydroxyl groups is 2. The Labute approximate surface area is 480 Å². The molecular weight excluding hydrogens is 997 g/mol. The van der Waals surface area contributed by atoms with E-state index in [-0.39, 0.29) is 25.9 Å². The van der Waals surface area contributed by atoms with Crippen LogP contribution in [-0.2, 0) is 42.9 Å². The average molecular weight is 1110 g/mol. The van der Waals surface area contributed by atoms with Crippen molar-refractivity contribution in [3.05, 3.63) is 72.9 Å². The van der Waals surface area contributed by atoms with E-state index in [1.54, 1.807) is 0 Å². The third-order valence-corrected chi connectivity index (χ3v) is 14.2. The third kappa shape index (κ3) is 44.5. The van der Waals surface area contributed by atoms with Gasteiger partial charge in [0, 0.05) is 19.3 Å². The number of hydrogen-bond donors (Lipinski definition) is 3. The smallest absolute Gasteiger partial charge is 0.335 e. The van der Waals surface area contributed by atoms with Crippen LogP contribution in [0.15, 0.2) is 72.9 Å². The molecule has 6 atom stereocenters. The highest BCUT2D eigenvalue weighted by atomic mass is 16.7. The van der Waals surface area contributed by atoms with E-state index >= 15 is 0 Å². The van der Waals surface area contributed by atoms with Crippen molar-refractivity contribution < 1.29 is 58.2 Å². The van der Waals surface area contributed by atoms with Crippen molar-refractivity contribution in [2.75, 3.05) is 13.2 Å². The van der Waals surface area contributed by atoms with Crippen LogP contribution >= 0.6 is 0 Å². The predicted molar refractivity (Wildman–Crippen MR) is 322 cm³/mol. The number of aliphatic hydroxyl groups excluding tert-OH is 2. The number of ether oxygens (including phenoxy) is 5.